The van der Waals surface area contributed by atoms with Crippen molar-refractivity contribution in [3.8, 4) is 0 Å². The Morgan fingerprint density at radius 1 is 1.16 bits per heavy atom. The summed E-state index contributed by atoms with van der Waals surface area (Å²) >= 11 is 0. The molecule has 19 heavy (non-hydrogen) atoms. The number of amides is 1. The van der Waals surface area contributed by atoms with Crippen LogP contribution in [0.2, 0.25) is 0 Å². The summed E-state index contributed by atoms with van der Waals surface area (Å²) in [6.45, 7) is 5.43. The molecule has 0 bridgehead atoms. The van der Waals surface area contributed by atoms with E-state index in [0.29, 0.717) is 13.1 Å². The molecule has 0 unspecified atom stereocenters. The van der Waals surface area contributed by atoms with Gasteiger partial charge in [0.1, 0.15) is 0 Å². The van der Waals surface area contributed by atoms with Crippen LogP contribution in [0, 0.1) is 0 Å². The summed E-state index contributed by atoms with van der Waals surface area (Å²) in [6.07, 6.45) is 2.04. The number of carbonyl (C=O) groups excluding carboxylic acids is 1. The lowest BCUT2D eigenvalue weighted by Crippen LogP contribution is -2.42. The molecule has 108 valence electrons. The van der Waals surface area contributed by atoms with Gasteiger partial charge >= 0.3 is 0 Å². The SMILES string of the molecule is CCC(CC)(CNC(=O)CNC)c1ccccc1.Cl. The van der Waals surface area contributed by atoms with Gasteiger partial charge in [0.2, 0.25) is 5.91 Å². The molecule has 0 saturated carbocycles. The lowest BCUT2D eigenvalue weighted by Gasteiger charge is -2.32. The van der Waals surface area contributed by atoms with Crippen LogP contribution in [0.15, 0.2) is 30.3 Å². The average Bonchev–Trinajstić information content (AvgIpc) is 2.42. The predicted octanol–water partition coefficient (Wildman–Crippen LogP) is 2.50. The summed E-state index contributed by atoms with van der Waals surface area (Å²) < 4.78 is 0. The van der Waals surface area contributed by atoms with Crippen molar-refractivity contribution in [3.05, 3.63) is 35.9 Å². The van der Waals surface area contributed by atoms with Crippen LogP contribution >= 0.6 is 12.4 Å². The van der Waals surface area contributed by atoms with Gasteiger partial charge in [0.15, 0.2) is 0 Å². The van der Waals surface area contributed by atoms with Gasteiger partial charge in [-0.2, -0.15) is 0 Å². The molecule has 0 radical (unpaired) electrons. The summed E-state index contributed by atoms with van der Waals surface area (Å²) in [5.41, 5.74) is 1.35. The highest BCUT2D eigenvalue weighted by Gasteiger charge is 2.28. The fraction of sp³-hybridized carbons (Fsp3) is 0.533. The summed E-state index contributed by atoms with van der Waals surface area (Å²) in [5, 5.41) is 5.89. The second-order valence-corrected chi connectivity index (χ2v) is 4.66. The Morgan fingerprint density at radius 2 is 1.74 bits per heavy atom. The molecular formula is C15H25ClN2O. The largest absolute Gasteiger partial charge is 0.354 e. The van der Waals surface area contributed by atoms with Crippen molar-refractivity contribution in [2.75, 3.05) is 20.1 Å². The van der Waals surface area contributed by atoms with Crippen molar-refractivity contribution < 1.29 is 4.79 Å². The van der Waals surface area contributed by atoms with Crippen LogP contribution in [-0.2, 0) is 10.2 Å². The molecule has 1 amide bonds. The maximum absolute atomic E-state index is 11.6. The van der Waals surface area contributed by atoms with Gasteiger partial charge in [-0.05, 0) is 25.5 Å². The van der Waals surface area contributed by atoms with E-state index in [1.807, 2.05) is 6.07 Å². The Labute approximate surface area is 122 Å². The highest BCUT2D eigenvalue weighted by Crippen LogP contribution is 2.30. The van der Waals surface area contributed by atoms with Crippen LogP contribution in [0.5, 0.6) is 0 Å². The van der Waals surface area contributed by atoms with Crippen LogP contribution < -0.4 is 10.6 Å². The first kappa shape index (κ1) is 17.9. The van der Waals surface area contributed by atoms with E-state index in [1.165, 1.54) is 5.56 Å². The molecule has 3 nitrogen and oxygen atoms in total. The van der Waals surface area contributed by atoms with Gasteiger partial charge in [0.25, 0.3) is 0 Å². The van der Waals surface area contributed by atoms with E-state index < -0.39 is 0 Å². The normalized spacial score (nSPS) is 10.7. The Hall–Kier alpha value is -1.06. The highest BCUT2D eigenvalue weighted by atomic mass is 35.5. The van der Waals surface area contributed by atoms with Gasteiger partial charge in [-0.3, -0.25) is 4.79 Å². The Kier molecular flexibility index (Phi) is 8.44. The summed E-state index contributed by atoms with van der Waals surface area (Å²) in [7, 11) is 1.78. The van der Waals surface area contributed by atoms with E-state index in [-0.39, 0.29) is 23.7 Å². The van der Waals surface area contributed by atoms with Gasteiger partial charge < -0.3 is 10.6 Å². The maximum Gasteiger partial charge on any atom is 0.233 e. The monoisotopic (exact) mass is 284 g/mol. The van der Waals surface area contributed by atoms with Crippen LogP contribution in [0.4, 0.5) is 0 Å². The van der Waals surface area contributed by atoms with Crippen molar-refractivity contribution in [2.45, 2.75) is 32.1 Å². The summed E-state index contributed by atoms with van der Waals surface area (Å²) in [5.74, 6) is 0.0553. The molecule has 1 aromatic carbocycles. The van der Waals surface area contributed by atoms with Gasteiger partial charge in [0.05, 0.1) is 6.54 Å². The first-order chi connectivity index (χ1) is 8.68. The lowest BCUT2D eigenvalue weighted by molar-refractivity contribution is -0.120. The number of benzene rings is 1. The molecule has 0 aliphatic carbocycles. The number of hydrogen-bond acceptors (Lipinski definition) is 2. The Balaban J connectivity index is 0.00000324. The zero-order valence-corrected chi connectivity index (χ0v) is 12.8. The third-order valence-corrected chi connectivity index (χ3v) is 3.70. The van der Waals surface area contributed by atoms with E-state index in [1.54, 1.807) is 7.05 Å². The predicted molar refractivity (Wildman–Crippen MR) is 82.9 cm³/mol. The van der Waals surface area contributed by atoms with Gasteiger partial charge in [-0.15, -0.1) is 12.4 Å². The average molecular weight is 285 g/mol. The summed E-state index contributed by atoms with van der Waals surface area (Å²) in [6, 6.07) is 10.4. The van der Waals surface area contributed by atoms with E-state index in [2.05, 4.69) is 48.7 Å². The molecule has 4 heteroatoms. The van der Waals surface area contributed by atoms with Gasteiger partial charge in [-0.1, -0.05) is 44.2 Å². The van der Waals surface area contributed by atoms with Gasteiger partial charge in [-0.25, -0.2) is 0 Å². The number of halogens is 1. The van der Waals surface area contributed by atoms with Crippen molar-refractivity contribution in [1.29, 1.82) is 0 Å². The minimum absolute atomic E-state index is 0. The molecule has 1 aromatic rings. The van der Waals surface area contributed by atoms with Crippen LogP contribution in [0.3, 0.4) is 0 Å². The molecule has 0 heterocycles. The molecule has 0 atom stereocenters. The van der Waals surface area contributed by atoms with Crippen molar-refractivity contribution in [2.24, 2.45) is 0 Å². The molecule has 0 aromatic heterocycles. The van der Waals surface area contributed by atoms with E-state index in [9.17, 15) is 4.79 Å². The van der Waals surface area contributed by atoms with Crippen LogP contribution in [0.25, 0.3) is 0 Å². The third kappa shape index (κ3) is 4.84. The van der Waals surface area contributed by atoms with Crippen LogP contribution in [0.1, 0.15) is 32.3 Å². The number of carbonyl (C=O) groups is 1. The molecule has 0 saturated heterocycles. The van der Waals surface area contributed by atoms with E-state index >= 15 is 0 Å². The standard InChI is InChI=1S/C15H24N2O.ClH/c1-4-15(5-2,12-17-14(18)11-16-3)13-9-7-6-8-10-13;/h6-10,16H,4-5,11-12H2,1-3H3,(H,17,18);1H. The van der Waals surface area contributed by atoms with E-state index in [4.69, 9.17) is 0 Å². The molecule has 0 fully saturated rings. The maximum atomic E-state index is 11.6. The number of likely N-dealkylation sites (N-methyl/N-ethyl adjacent to an activating group) is 1. The molecule has 0 aliphatic heterocycles. The number of hydrogen-bond donors (Lipinski definition) is 2. The zero-order valence-electron chi connectivity index (χ0n) is 12.0. The zero-order chi connectivity index (χ0) is 13.4. The van der Waals surface area contributed by atoms with Crippen molar-refractivity contribution >= 4 is 18.3 Å². The molecule has 0 spiro atoms. The molecule has 2 N–H and O–H groups in total. The highest BCUT2D eigenvalue weighted by molar-refractivity contribution is 5.85. The van der Waals surface area contributed by atoms with Crippen molar-refractivity contribution in [1.82, 2.24) is 10.6 Å². The molecular weight excluding hydrogens is 260 g/mol. The lowest BCUT2D eigenvalue weighted by atomic mass is 9.76. The topological polar surface area (TPSA) is 41.1 Å². The minimum atomic E-state index is 0. The second kappa shape index (κ2) is 8.94. The Bertz CT molecular complexity index is 364. The van der Waals surface area contributed by atoms with E-state index in [0.717, 1.165) is 12.8 Å². The molecule has 0 aliphatic rings. The fourth-order valence-corrected chi connectivity index (χ4v) is 2.29. The first-order valence-electron chi connectivity index (χ1n) is 6.65. The van der Waals surface area contributed by atoms with Crippen LogP contribution in [-0.4, -0.2) is 26.0 Å². The first-order valence-corrected chi connectivity index (χ1v) is 6.65. The second-order valence-electron chi connectivity index (χ2n) is 4.66. The van der Waals surface area contributed by atoms with Gasteiger partial charge in [0, 0.05) is 12.0 Å². The van der Waals surface area contributed by atoms with Crippen molar-refractivity contribution in [3.63, 3.8) is 0 Å². The summed E-state index contributed by atoms with van der Waals surface area (Å²) in [4.78, 5) is 11.6. The smallest absolute Gasteiger partial charge is 0.233 e. The Morgan fingerprint density at radius 3 is 2.21 bits per heavy atom. The number of rotatable bonds is 7. The minimum Gasteiger partial charge on any atom is -0.354 e. The molecule has 1 rings (SSSR count). The number of nitrogens with one attached hydrogen (secondary N) is 2. The third-order valence-electron chi connectivity index (χ3n) is 3.70. The quantitative estimate of drug-likeness (QED) is 0.808. The fourth-order valence-electron chi connectivity index (χ4n) is 2.29.